The van der Waals surface area contributed by atoms with Crippen LogP contribution in [0.25, 0.3) is 0 Å². The van der Waals surface area contributed by atoms with Crippen LogP contribution in [0.3, 0.4) is 0 Å². The van der Waals surface area contributed by atoms with Crippen molar-refractivity contribution in [3.05, 3.63) is 36.1 Å². The summed E-state index contributed by atoms with van der Waals surface area (Å²) in [5.41, 5.74) is -0.156. The van der Waals surface area contributed by atoms with Crippen molar-refractivity contribution < 1.29 is 29.1 Å². The van der Waals surface area contributed by atoms with Crippen LogP contribution in [0.1, 0.15) is 10.4 Å². The van der Waals surface area contributed by atoms with E-state index in [9.17, 15) is 14.7 Å². The van der Waals surface area contributed by atoms with E-state index in [4.69, 9.17) is 9.84 Å². The summed E-state index contributed by atoms with van der Waals surface area (Å²) in [6.45, 7) is -0.550. The van der Waals surface area contributed by atoms with Gasteiger partial charge in [-0.1, -0.05) is 5.16 Å². The molecule has 0 aliphatic heterocycles. The molecule has 0 fully saturated rings. The summed E-state index contributed by atoms with van der Waals surface area (Å²) in [7, 11) is 0. The molecule has 0 spiro atoms. The third kappa shape index (κ3) is 3.25. The first-order valence-electron chi connectivity index (χ1n) is 5.45. The number of carbonyl (C=O) groups is 2. The predicted molar refractivity (Wildman–Crippen MR) is 65.2 cm³/mol. The van der Waals surface area contributed by atoms with E-state index in [-0.39, 0.29) is 17.1 Å². The lowest BCUT2D eigenvalue weighted by molar-refractivity contribution is -0.119. The first-order chi connectivity index (χ1) is 9.56. The lowest BCUT2D eigenvalue weighted by atomic mass is 10.2. The van der Waals surface area contributed by atoms with E-state index in [0.29, 0.717) is 0 Å². The van der Waals surface area contributed by atoms with Crippen molar-refractivity contribution in [2.75, 3.05) is 11.9 Å². The van der Waals surface area contributed by atoms with Gasteiger partial charge in [-0.2, -0.15) is 0 Å². The molecular weight excluding hydrogens is 268 g/mol. The summed E-state index contributed by atoms with van der Waals surface area (Å²) in [6, 6.07) is 4.81. The second-order valence-electron chi connectivity index (χ2n) is 3.71. The zero-order valence-electron chi connectivity index (χ0n) is 10.1. The van der Waals surface area contributed by atoms with Gasteiger partial charge in [0.05, 0.1) is 0 Å². The Bertz CT molecular complexity index is 623. The fraction of sp³-hybridized carbons (Fsp3) is 0.0833. The largest absolute Gasteiger partial charge is 0.508 e. The lowest BCUT2D eigenvalue weighted by Crippen LogP contribution is -2.21. The summed E-state index contributed by atoms with van der Waals surface area (Å²) in [5.74, 6) is -1.93. The number of aromatic hydroxyl groups is 2. The molecule has 0 aliphatic rings. The van der Waals surface area contributed by atoms with Crippen molar-refractivity contribution in [1.29, 1.82) is 0 Å². The topological polar surface area (TPSA) is 122 Å². The van der Waals surface area contributed by atoms with Gasteiger partial charge < -0.3 is 24.8 Å². The van der Waals surface area contributed by atoms with Crippen molar-refractivity contribution in [2.45, 2.75) is 0 Å². The summed E-state index contributed by atoms with van der Waals surface area (Å²) >= 11 is 0. The summed E-state index contributed by atoms with van der Waals surface area (Å²) in [4.78, 5) is 23.0. The molecule has 0 radical (unpaired) electrons. The van der Waals surface area contributed by atoms with Crippen LogP contribution in [0.2, 0.25) is 0 Å². The van der Waals surface area contributed by atoms with Crippen LogP contribution in [0, 0.1) is 0 Å². The number of nitrogens with zero attached hydrogens (tertiary/aromatic N) is 1. The lowest BCUT2D eigenvalue weighted by Gasteiger charge is -2.06. The molecule has 0 unspecified atom stereocenters. The number of nitrogens with one attached hydrogen (secondary N) is 1. The van der Waals surface area contributed by atoms with Crippen LogP contribution in [0.15, 0.2) is 35.1 Å². The van der Waals surface area contributed by atoms with Crippen molar-refractivity contribution in [3.63, 3.8) is 0 Å². The van der Waals surface area contributed by atoms with E-state index in [0.717, 1.165) is 6.07 Å². The molecular formula is C12H10N2O6. The van der Waals surface area contributed by atoms with Gasteiger partial charge in [0.1, 0.15) is 23.3 Å². The van der Waals surface area contributed by atoms with Crippen molar-refractivity contribution >= 4 is 17.7 Å². The highest BCUT2D eigenvalue weighted by atomic mass is 16.5. The number of hydrogen-bond acceptors (Lipinski definition) is 7. The Morgan fingerprint density at radius 3 is 2.75 bits per heavy atom. The fourth-order valence-electron chi connectivity index (χ4n) is 1.36. The minimum Gasteiger partial charge on any atom is -0.508 e. The van der Waals surface area contributed by atoms with Crippen LogP contribution in [-0.4, -0.2) is 33.9 Å². The standard InChI is InChI=1S/C12H10N2O6/c15-7-1-2-8(9(16)5-7)12(18)19-6-11(17)13-10-3-4-20-14-10/h1-5,15-16H,6H2,(H,13,14,17). The van der Waals surface area contributed by atoms with E-state index in [1.165, 1.54) is 24.5 Å². The van der Waals surface area contributed by atoms with E-state index < -0.39 is 24.2 Å². The SMILES string of the molecule is O=C(COC(=O)c1ccc(O)cc1O)Nc1ccon1. The third-order valence-electron chi connectivity index (χ3n) is 2.24. The zero-order valence-corrected chi connectivity index (χ0v) is 10.1. The molecule has 3 N–H and O–H groups in total. The number of aromatic nitrogens is 1. The van der Waals surface area contributed by atoms with Crippen molar-refractivity contribution in [2.24, 2.45) is 0 Å². The maximum absolute atomic E-state index is 11.6. The van der Waals surface area contributed by atoms with Gasteiger partial charge in [-0.3, -0.25) is 4.79 Å². The first kappa shape index (κ1) is 13.4. The molecule has 8 heteroatoms. The predicted octanol–water partition coefficient (Wildman–Crippen LogP) is 0.881. The van der Waals surface area contributed by atoms with Gasteiger partial charge in [0, 0.05) is 12.1 Å². The van der Waals surface area contributed by atoms with Gasteiger partial charge in [-0.05, 0) is 12.1 Å². The van der Waals surface area contributed by atoms with E-state index in [2.05, 4.69) is 15.0 Å². The Kier molecular flexibility index (Phi) is 3.85. The summed E-state index contributed by atoms with van der Waals surface area (Å²) < 4.78 is 9.22. The highest BCUT2D eigenvalue weighted by molar-refractivity contribution is 5.96. The number of esters is 1. The van der Waals surface area contributed by atoms with E-state index >= 15 is 0 Å². The maximum Gasteiger partial charge on any atom is 0.342 e. The van der Waals surface area contributed by atoms with Crippen LogP contribution in [0.5, 0.6) is 11.5 Å². The Hall–Kier alpha value is -3.03. The monoisotopic (exact) mass is 278 g/mol. The minimum atomic E-state index is -0.891. The van der Waals surface area contributed by atoms with Crippen LogP contribution in [0.4, 0.5) is 5.82 Å². The number of amides is 1. The van der Waals surface area contributed by atoms with Crippen molar-refractivity contribution in [3.8, 4) is 11.5 Å². The van der Waals surface area contributed by atoms with Gasteiger partial charge in [0.15, 0.2) is 12.4 Å². The average molecular weight is 278 g/mol. The molecule has 1 heterocycles. The molecule has 0 bridgehead atoms. The van der Waals surface area contributed by atoms with E-state index in [1.807, 2.05) is 0 Å². The molecule has 0 saturated heterocycles. The number of rotatable bonds is 4. The number of phenolic OH excluding ortho intramolecular Hbond substituents is 2. The molecule has 0 atom stereocenters. The highest BCUT2D eigenvalue weighted by Gasteiger charge is 2.15. The Morgan fingerprint density at radius 2 is 2.10 bits per heavy atom. The van der Waals surface area contributed by atoms with Gasteiger partial charge in [0.25, 0.3) is 5.91 Å². The van der Waals surface area contributed by atoms with Gasteiger partial charge in [0.2, 0.25) is 0 Å². The summed E-state index contributed by atoms with van der Waals surface area (Å²) in [5, 5.41) is 24.3. The molecule has 8 nitrogen and oxygen atoms in total. The quantitative estimate of drug-likeness (QED) is 0.709. The van der Waals surface area contributed by atoms with Gasteiger partial charge in [-0.25, -0.2) is 4.79 Å². The number of ether oxygens (including phenoxy) is 1. The Balaban J connectivity index is 1.90. The molecule has 0 aliphatic carbocycles. The minimum absolute atomic E-state index is 0.156. The number of hydrogen-bond donors (Lipinski definition) is 3. The van der Waals surface area contributed by atoms with E-state index in [1.54, 1.807) is 0 Å². The molecule has 1 aromatic carbocycles. The average Bonchev–Trinajstić information content (AvgIpc) is 2.89. The molecule has 1 aromatic heterocycles. The summed E-state index contributed by atoms with van der Waals surface area (Å²) in [6.07, 6.45) is 1.27. The normalized spacial score (nSPS) is 10.0. The fourth-order valence-corrected chi connectivity index (χ4v) is 1.36. The molecule has 0 saturated carbocycles. The number of benzene rings is 1. The number of anilines is 1. The van der Waals surface area contributed by atoms with Crippen LogP contribution in [-0.2, 0) is 9.53 Å². The maximum atomic E-state index is 11.6. The Labute approximate surface area is 112 Å². The second kappa shape index (κ2) is 5.74. The molecule has 104 valence electrons. The molecule has 1 amide bonds. The van der Waals surface area contributed by atoms with Gasteiger partial charge in [-0.15, -0.1) is 0 Å². The zero-order chi connectivity index (χ0) is 14.5. The third-order valence-corrected chi connectivity index (χ3v) is 2.24. The smallest absolute Gasteiger partial charge is 0.342 e. The second-order valence-corrected chi connectivity index (χ2v) is 3.71. The number of carbonyl (C=O) groups excluding carboxylic acids is 2. The Morgan fingerprint density at radius 1 is 1.30 bits per heavy atom. The van der Waals surface area contributed by atoms with Crippen LogP contribution >= 0.6 is 0 Å². The van der Waals surface area contributed by atoms with Crippen LogP contribution < -0.4 is 5.32 Å². The molecule has 2 rings (SSSR count). The molecule has 2 aromatic rings. The molecule has 20 heavy (non-hydrogen) atoms. The van der Waals surface area contributed by atoms with Crippen molar-refractivity contribution in [1.82, 2.24) is 5.16 Å². The number of phenols is 2. The first-order valence-corrected chi connectivity index (χ1v) is 5.45. The highest BCUT2D eigenvalue weighted by Crippen LogP contribution is 2.23. The van der Waals surface area contributed by atoms with Gasteiger partial charge >= 0.3 is 5.97 Å².